The molecule has 0 unspecified atom stereocenters. The molecule has 0 bridgehead atoms. The average molecular weight is 323 g/mol. The molecule has 1 aromatic carbocycles. The third-order valence-corrected chi connectivity index (χ3v) is 5.07. The Bertz CT molecular complexity index is 663. The van der Waals surface area contributed by atoms with E-state index < -0.39 is 10.0 Å². The number of furan rings is 1. The van der Waals surface area contributed by atoms with Crippen molar-refractivity contribution < 1.29 is 17.6 Å². The van der Waals surface area contributed by atoms with E-state index in [0.29, 0.717) is 18.1 Å². The van der Waals surface area contributed by atoms with Crippen LogP contribution in [0.15, 0.2) is 52.0 Å². The van der Waals surface area contributed by atoms with Crippen molar-refractivity contribution in [2.45, 2.75) is 31.2 Å². The molecule has 0 saturated carbocycles. The van der Waals surface area contributed by atoms with Gasteiger partial charge in [-0.1, -0.05) is 13.3 Å². The summed E-state index contributed by atoms with van der Waals surface area (Å²) >= 11 is 0. The van der Waals surface area contributed by atoms with E-state index in [1.165, 1.54) is 17.6 Å². The van der Waals surface area contributed by atoms with Crippen molar-refractivity contribution in [2.24, 2.45) is 0 Å². The quantitative estimate of drug-likeness (QED) is 0.700. The van der Waals surface area contributed by atoms with Gasteiger partial charge in [-0.2, -0.15) is 4.31 Å². The number of nitrogens with zero attached hydrogens (tertiary/aromatic N) is 1. The van der Waals surface area contributed by atoms with Crippen LogP contribution in [0.5, 0.6) is 5.75 Å². The smallest absolute Gasteiger partial charge is 0.243 e. The second-order valence-corrected chi connectivity index (χ2v) is 7.06. The Labute approximate surface area is 131 Å². The molecule has 0 N–H and O–H groups in total. The summed E-state index contributed by atoms with van der Waals surface area (Å²) in [6, 6.07) is 9.98. The molecule has 1 aromatic heterocycles. The zero-order valence-corrected chi connectivity index (χ0v) is 13.7. The fourth-order valence-corrected chi connectivity index (χ4v) is 3.07. The number of sulfonamides is 1. The Morgan fingerprint density at radius 3 is 2.50 bits per heavy atom. The van der Waals surface area contributed by atoms with E-state index >= 15 is 0 Å². The highest BCUT2D eigenvalue weighted by Gasteiger charge is 2.21. The highest BCUT2D eigenvalue weighted by molar-refractivity contribution is 7.89. The van der Waals surface area contributed by atoms with E-state index in [2.05, 4.69) is 6.92 Å². The van der Waals surface area contributed by atoms with Crippen molar-refractivity contribution in [1.29, 1.82) is 0 Å². The summed E-state index contributed by atoms with van der Waals surface area (Å²) in [5.41, 5.74) is 0. The third-order valence-electron chi connectivity index (χ3n) is 3.26. The van der Waals surface area contributed by atoms with E-state index in [0.717, 1.165) is 12.8 Å². The van der Waals surface area contributed by atoms with Crippen LogP contribution in [0.4, 0.5) is 0 Å². The minimum absolute atomic E-state index is 0.198. The molecule has 0 saturated heterocycles. The van der Waals surface area contributed by atoms with Crippen LogP contribution in [0, 0.1) is 0 Å². The highest BCUT2D eigenvalue weighted by Crippen LogP contribution is 2.20. The first-order valence-corrected chi connectivity index (χ1v) is 8.69. The van der Waals surface area contributed by atoms with Gasteiger partial charge in [0, 0.05) is 7.05 Å². The van der Waals surface area contributed by atoms with Crippen LogP contribution in [0.25, 0.3) is 0 Å². The number of ether oxygens (including phenoxy) is 1. The number of hydrogen-bond acceptors (Lipinski definition) is 4. The molecule has 2 rings (SSSR count). The predicted molar refractivity (Wildman–Crippen MR) is 84.2 cm³/mol. The van der Waals surface area contributed by atoms with Gasteiger partial charge in [-0.15, -0.1) is 0 Å². The Kier molecular flexibility index (Phi) is 5.63. The molecule has 22 heavy (non-hydrogen) atoms. The summed E-state index contributed by atoms with van der Waals surface area (Å²) in [5, 5.41) is 0. The van der Waals surface area contributed by atoms with Crippen LogP contribution in [0.1, 0.15) is 25.5 Å². The molecular weight excluding hydrogens is 302 g/mol. The summed E-state index contributed by atoms with van der Waals surface area (Å²) < 4.78 is 36.9. The molecule has 6 heteroatoms. The average Bonchev–Trinajstić information content (AvgIpc) is 3.01. The van der Waals surface area contributed by atoms with Gasteiger partial charge in [0.25, 0.3) is 0 Å². The standard InChI is InChI=1S/C16H21NO4S/c1-3-4-11-20-14-7-9-16(10-8-14)22(18,19)17(2)13-15-6-5-12-21-15/h5-10,12H,3-4,11,13H2,1-2H3. The van der Waals surface area contributed by atoms with Gasteiger partial charge >= 0.3 is 0 Å². The normalized spacial score (nSPS) is 11.8. The van der Waals surface area contributed by atoms with Crippen LogP contribution >= 0.6 is 0 Å². The van der Waals surface area contributed by atoms with Crippen LogP contribution in [0.2, 0.25) is 0 Å². The van der Waals surface area contributed by atoms with Gasteiger partial charge in [0.2, 0.25) is 10.0 Å². The van der Waals surface area contributed by atoms with Gasteiger partial charge in [0.1, 0.15) is 11.5 Å². The number of hydrogen-bond donors (Lipinski definition) is 0. The lowest BCUT2D eigenvalue weighted by atomic mass is 10.3. The summed E-state index contributed by atoms with van der Waals surface area (Å²) in [6.07, 6.45) is 3.56. The van der Waals surface area contributed by atoms with Gasteiger partial charge in [-0.3, -0.25) is 0 Å². The SMILES string of the molecule is CCCCOc1ccc(S(=O)(=O)N(C)Cc2ccco2)cc1. The zero-order chi connectivity index (χ0) is 16.0. The summed E-state index contributed by atoms with van der Waals surface area (Å²) in [6.45, 7) is 2.93. The Hall–Kier alpha value is -1.79. The maximum absolute atomic E-state index is 12.5. The second kappa shape index (κ2) is 7.47. The lowest BCUT2D eigenvalue weighted by Crippen LogP contribution is -2.26. The first kappa shape index (κ1) is 16.6. The van der Waals surface area contributed by atoms with Gasteiger partial charge in [-0.25, -0.2) is 8.42 Å². The van der Waals surface area contributed by atoms with Crippen molar-refractivity contribution in [3.63, 3.8) is 0 Å². The molecule has 0 spiro atoms. The maximum Gasteiger partial charge on any atom is 0.243 e. The molecule has 2 aromatic rings. The van der Waals surface area contributed by atoms with Crippen LogP contribution < -0.4 is 4.74 Å². The first-order valence-electron chi connectivity index (χ1n) is 7.25. The summed E-state index contributed by atoms with van der Waals surface area (Å²) in [4.78, 5) is 0.240. The van der Waals surface area contributed by atoms with Crippen LogP contribution in [-0.2, 0) is 16.6 Å². The molecular formula is C16H21NO4S. The largest absolute Gasteiger partial charge is 0.494 e. The number of unbranched alkanes of at least 4 members (excludes halogenated alkanes) is 1. The van der Waals surface area contributed by atoms with Crippen molar-refractivity contribution in [2.75, 3.05) is 13.7 Å². The highest BCUT2D eigenvalue weighted by atomic mass is 32.2. The minimum Gasteiger partial charge on any atom is -0.494 e. The number of rotatable bonds is 8. The molecule has 0 radical (unpaired) electrons. The van der Waals surface area contributed by atoms with Crippen molar-refractivity contribution in [3.8, 4) is 5.75 Å². The summed E-state index contributed by atoms with van der Waals surface area (Å²) in [7, 11) is -2.01. The molecule has 0 fully saturated rings. The van der Waals surface area contributed by atoms with Crippen molar-refractivity contribution in [1.82, 2.24) is 4.31 Å². The minimum atomic E-state index is -3.54. The molecule has 120 valence electrons. The van der Waals surface area contributed by atoms with E-state index in [1.807, 2.05) is 0 Å². The van der Waals surface area contributed by atoms with Crippen molar-refractivity contribution in [3.05, 3.63) is 48.4 Å². The maximum atomic E-state index is 12.5. The predicted octanol–water partition coefficient (Wildman–Crippen LogP) is 3.28. The van der Waals surface area contributed by atoms with Crippen LogP contribution in [-0.4, -0.2) is 26.4 Å². The van der Waals surface area contributed by atoms with Crippen LogP contribution in [0.3, 0.4) is 0 Å². The Morgan fingerprint density at radius 2 is 1.91 bits per heavy atom. The molecule has 0 aliphatic heterocycles. The zero-order valence-electron chi connectivity index (χ0n) is 12.9. The van der Waals surface area contributed by atoms with Gasteiger partial charge < -0.3 is 9.15 Å². The molecule has 0 aliphatic carbocycles. The lowest BCUT2D eigenvalue weighted by molar-refractivity contribution is 0.309. The van der Waals surface area contributed by atoms with Gasteiger partial charge in [0.15, 0.2) is 0 Å². The molecule has 0 aliphatic rings. The van der Waals surface area contributed by atoms with Gasteiger partial charge in [0.05, 0.1) is 24.3 Å². The molecule has 0 atom stereocenters. The lowest BCUT2D eigenvalue weighted by Gasteiger charge is -2.16. The molecule has 1 heterocycles. The fourth-order valence-electron chi connectivity index (χ4n) is 1.93. The third kappa shape index (κ3) is 4.11. The topological polar surface area (TPSA) is 59.8 Å². The fraction of sp³-hybridized carbons (Fsp3) is 0.375. The summed E-state index contributed by atoms with van der Waals surface area (Å²) in [5.74, 6) is 1.28. The van der Waals surface area contributed by atoms with Gasteiger partial charge in [-0.05, 0) is 42.8 Å². The number of benzene rings is 1. The van der Waals surface area contributed by atoms with E-state index in [1.54, 1.807) is 36.4 Å². The molecule has 5 nitrogen and oxygen atoms in total. The van der Waals surface area contributed by atoms with E-state index in [4.69, 9.17) is 9.15 Å². The van der Waals surface area contributed by atoms with E-state index in [-0.39, 0.29) is 11.4 Å². The molecule has 0 amide bonds. The Morgan fingerprint density at radius 1 is 1.18 bits per heavy atom. The second-order valence-electron chi connectivity index (χ2n) is 5.01. The van der Waals surface area contributed by atoms with E-state index in [9.17, 15) is 8.42 Å². The first-order chi connectivity index (χ1) is 10.5. The monoisotopic (exact) mass is 323 g/mol. The Balaban J connectivity index is 2.05. The van der Waals surface area contributed by atoms with Crippen molar-refractivity contribution >= 4 is 10.0 Å².